The van der Waals surface area contributed by atoms with Crippen molar-refractivity contribution in [2.75, 3.05) is 13.1 Å². The molecule has 2 heteroatoms. The van der Waals surface area contributed by atoms with Gasteiger partial charge in [0.05, 0.1) is 0 Å². The van der Waals surface area contributed by atoms with Crippen LogP contribution in [0, 0.1) is 10.8 Å². The van der Waals surface area contributed by atoms with Crippen LogP contribution >= 0.6 is 0 Å². The lowest BCUT2D eigenvalue weighted by Gasteiger charge is -2.50. The Morgan fingerprint density at radius 1 is 1.50 bits per heavy atom. The zero-order chi connectivity index (χ0) is 11.0. The van der Waals surface area contributed by atoms with Crippen LogP contribution in [0.5, 0.6) is 0 Å². The molecule has 0 radical (unpaired) electrons. The Morgan fingerprint density at radius 3 is 2.36 bits per heavy atom. The Bertz CT molecular complexity index is 244. The second kappa shape index (κ2) is 3.41. The summed E-state index contributed by atoms with van der Waals surface area (Å²) >= 11 is 0. The molecule has 0 unspecified atom stereocenters. The highest BCUT2D eigenvalue weighted by Crippen LogP contribution is 2.40. The first kappa shape index (κ1) is 11.3. The molecule has 1 saturated heterocycles. The molecule has 0 aliphatic carbocycles. The van der Waals surface area contributed by atoms with E-state index in [0.29, 0.717) is 10.8 Å². The minimum absolute atomic E-state index is 0.0661. The van der Waals surface area contributed by atoms with Crippen LogP contribution in [0.1, 0.15) is 34.1 Å². The summed E-state index contributed by atoms with van der Waals surface area (Å²) in [6.45, 7) is 14.3. The van der Waals surface area contributed by atoms with Crippen LogP contribution in [0.2, 0.25) is 0 Å². The van der Waals surface area contributed by atoms with Gasteiger partial charge < -0.3 is 4.90 Å². The summed E-state index contributed by atoms with van der Waals surface area (Å²) in [5, 5.41) is 0. The van der Waals surface area contributed by atoms with E-state index in [1.165, 1.54) is 12.5 Å². The van der Waals surface area contributed by atoms with E-state index in [1.807, 2.05) is 4.90 Å². The highest BCUT2D eigenvalue weighted by atomic mass is 16.2. The number of hydrogen-bond donors (Lipinski definition) is 0. The molecule has 1 rings (SSSR count). The van der Waals surface area contributed by atoms with Crippen LogP contribution < -0.4 is 0 Å². The van der Waals surface area contributed by atoms with Crippen LogP contribution in [0.25, 0.3) is 0 Å². The number of nitrogens with zero attached hydrogens (tertiary/aromatic N) is 1. The lowest BCUT2D eigenvalue weighted by Crippen LogP contribution is -2.57. The number of likely N-dealkylation sites (tertiary alicyclic amines) is 1. The molecular formula is C12H21NO. The van der Waals surface area contributed by atoms with E-state index < -0.39 is 0 Å². The maximum absolute atomic E-state index is 11.3. The van der Waals surface area contributed by atoms with Crippen LogP contribution in [-0.4, -0.2) is 23.9 Å². The van der Waals surface area contributed by atoms with Gasteiger partial charge >= 0.3 is 0 Å². The molecule has 1 amide bonds. The average Bonchev–Trinajstić information content (AvgIpc) is 1.95. The van der Waals surface area contributed by atoms with Crippen LogP contribution in [-0.2, 0) is 4.79 Å². The predicted octanol–water partition coefficient (Wildman–Crippen LogP) is 2.46. The topological polar surface area (TPSA) is 20.3 Å². The molecule has 0 aromatic carbocycles. The molecule has 2 nitrogen and oxygen atoms in total. The third-order valence-corrected chi connectivity index (χ3v) is 2.59. The fourth-order valence-corrected chi connectivity index (χ4v) is 2.55. The summed E-state index contributed by atoms with van der Waals surface area (Å²) in [6.07, 6.45) is 2.57. The fourth-order valence-electron chi connectivity index (χ4n) is 2.55. The number of hydrogen-bond acceptors (Lipinski definition) is 1. The van der Waals surface area contributed by atoms with Crippen molar-refractivity contribution in [2.24, 2.45) is 10.8 Å². The van der Waals surface area contributed by atoms with Crippen molar-refractivity contribution in [3.63, 3.8) is 0 Å². The normalized spacial score (nSPS) is 20.1. The lowest BCUT2D eigenvalue weighted by molar-refractivity contribution is -0.138. The quantitative estimate of drug-likeness (QED) is 0.620. The zero-order valence-electron chi connectivity index (χ0n) is 9.76. The van der Waals surface area contributed by atoms with Gasteiger partial charge in [-0.3, -0.25) is 4.79 Å². The van der Waals surface area contributed by atoms with Crippen LogP contribution in [0.3, 0.4) is 0 Å². The minimum Gasteiger partial charge on any atom is -0.338 e. The van der Waals surface area contributed by atoms with Gasteiger partial charge in [-0.05, 0) is 17.9 Å². The molecule has 0 aromatic heterocycles. The maximum atomic E-state index is 11.3. The second-order valence-electron chi connectivity index (χ2n) is 5.95. The first-order valence-corrected chi connectivity index (χ1v) is 5.17. The van der Waals surface area contributed by atoms with Crippen molar-refractivity contribution in [1.82, 2.24) is 4.90 Å². The first-order valence-electron chi connectivity index (χ1n) is 5.17. The van der Waals surface area contributed by atoms with Gasteiger partial charge in [-0.1, -0.05) is 34.3 Å². The highest BCUT2D eigenvalue weighted by Gasteiger charge is 2.42. The third kappa shape index (κ3) is 2.60. The Labute approximate surface area is 87.0 Å². The van der Waals surface area contributed by atoms with Gasteiger partial charge in [-0.15, -0.1) is 0 Å². The molecule has 14 heavy (non-hydrogen) atoms. The number of amides is 1. The Hall–Kier alpha value is -0.790. The molecule has 0 bridgehead atoms. The molecule has 0 atom stereocenters. The van der Waals surface area contributed by atoms with E-state index in [1.54, 1.807) is 0 Å². The minimum atomic E-state index is 0.0661. The second-order valence-corrected chi connectivity index (χ2v) is 5.95. The van der Waals surface area contributed by atoms with Crippen molar-refractivity contribution < 1.29 is 4.79 Å². The largest absolute Gasteiger partial charge is 0.338 e. The van der Waals surface area contributed by atoms with Gasteiger partial charge in [-0.25, -0.2) is 0 Å². The van der Waals surface area contributed by atoms with Gasteiger partial charge in [0.15, 0.2) is 0 Å². The third-order valence-electron chi connectivity index (χ3n) is 2.59. The van der Waals surface area contributed by atoms with Crippen molar-refractivity contribution in [2.45, 2.75) is 34.1 Å². The summed E-state index contributed by atoms with van der Waals surface area (Å²) in [5.41, 5.74) is 0.662. The maximum Gasteiger partial charge on any atom is 0.245 e. The van der Waals surface area contributed by atoms with Gasteiger partial charge in [0, 0.05) is 18.5 Å². The van der Waals surface area contributed by atoms with Crippen molar-refractivity contribution in [3.8, 4) is 0 Å². The standard InChI is InChI=1S/C12H21NO/c1-6-10(14)13-8-12(5,9-13)7-11(2,3)4/h6H,1,7-9H2,2-5H3. The first-order chi connectivity index (χ1) is 6.26. The molecule has 1 fully saturated rings. The van der Waals surface area contributed by atoms with Gasteiger partial charge in [0.2, 0.25) is 5.91 Å². The summed E-state index contributed by atoms with van der Waals surface area (Å²) in [4.78, 5) is 13.1. The van der Waals surface area contributed by atoms with Gasteiger partial charge in [0.25, 0.3) is 0 Å². The van der Waals surface area contributed by atoms with E-state index >= 15 is 0 Å². The van der Waals surface area contributed by atoms with Crippen molar-refractivity contribution in [1.29, 1.82) is 0 Å². The summed E-state index contributed by atoms with van der Waals surface area (Å²) in [6, 6.07) is 0. The van der Waals surface area contributed by atoms with Crippen molar-refractivity contribution >= 4 is 5.91 Å². The molecule has 1 aliphatic heterocycles. The van der Waals surface area contributed by atoms with Crippen LogP contribution in [0.4, 0.5) is 0 Å². The van der Waals surface area contributed by atoms with E-state index in [2.05, 4.69) is 34.3 Å². The average molecular weight is 195 g/mol. The SMILES string of the molecule is C=CC(=O)N1CC(C)(CC(C)(C)C)C1. The van der Waals surface area contributed by atoms with E-state index in [0.717, 1.165) is 13.1 Å². The monoisotopic (exact) mass is 195 g/mol. The summed E-state index contributed by atoms with van der Waals surface area (Å²) in [5.74, 6) is 0.0661. The smallest absolute Gasteiger partial charge is 0.245 e. The zero-order valence-corrected chi connectivity index (χ0v) is 9.76. The number of carbonyl (C=O) groups excluding carboxylic acids is 1. The van der Waals surface area contributed by atoms with E-state index in [-0.39, 0.29) is 5.91 Å². The highest BCUT2D eigenvalue weighted by molar-refractivity contribution is 5.87. The Kier molecular flexibility index (Phi) is 2.75. The summed E-state index contributed by atoms with van der Waals surface area (Å²) < 4.78 is 0. The molecule has 0 spiro atoms. The van der Waals surface area contributed by atoms with Gasteiger partial charge in [-0.2, -0.15) is 0 Å². The number of rotatable bonds is 2. The lowest BCUT2D eigenvalue weighted by atomic mass is 9.70. The van der Waals surface area contributed by atoms with Crippen molar-refractivity contribution in [3.05, 3.63) is 12.7 Å². The van der Waals surface area contributed by atoms with E-state index in [4.69, 9.17) is 0 Å². The molecule has 1 heterocycles. The Balaban J connectivity index is 2.45. The molecule has 0 aromatic rings. The van der Waals surface area contributed by atoms with E-state index in [9.17, 15) is 4.79 Å². The van der Waals surface area contributed by atoms with Crippen LogP contribution in [0.15, 0.2) is 12.7 Å². The molecule has 1 aliphatic rings. The van der Waals surface area contributed by atoms with Gasteiger partial charge in [0.1, 0.15) is 0 Å². The molecule has 0 saturated carbocycles. The Morgan fingerprint density at radius 2 is 2.00 bits per heavy atom. The molecule has 80 valence electrons. The molecule has 0 N–H and O–H groups in total. The fraction of sp³-hybridized carbons (Fsp3) is 0.750. The predicted molar refractivity (Wildman–Crippen MR) is 59.0 cm³/mol. The molecular weight excluding hydrogens is 174 g/mol. The number of carbonyl (C=O) groups is 1. The summed E-state index contributed by atoms with van der Waals surface area (Å²) in [7, 11) is 0.